The fraction of sp³-hybridized carbons (Fsp3) is 0.850. The fourth-order valence-electron chi connectivity index (χ4n) is 3.00. The zero-order chi connectivity index (χ0) is 23.0. The number of sulfonamides is 1. The molecule has 0 spiro atoms. The number of aliphatic carboxylic acids is 1. The van der Waals surface area contributed by atoms with Gasteiger partial charge in [-0.05, 0) is 13.3 Å². The predicted molar refractivity (Wildman–Crippen MR) is 116 cm³/mol. The third-order valence-corrected chi connectivity index (χ3v) is 6.26. The molecule has 0 aromatic carbocycles. The molecule has 10 heteroatoms. The van der Waals surface area contributed by atoms with Crippen LogP contribution in [0.15, 0.2) is 0 Å². The van der Waals surface area contributed by atoms with Gasteiger partial charge in [0.2, 0.25) is 21.8 Å². The van der Waals surface area contributed by atoms with Gasteiger partial charge in [-0.1, -0.05) is 71.1 Å². The van der Waals surface area contributed by atoms with Crippen LogP contribution >= 0.6 is 0 Å². The SMILES string of the molecule is CCCCCCCCCCCCCS(=O)(=O)NC(CC(N)=O)C(=O)NC(C)C(=O)O. The molecule has 0 aliphatic carbocycles. The monoisotopic (exact) mass is 449 g/mol. The highest BCUT2D eigenvalue weighted by molar-refractivity contribution is 7.89. The Hall–Kier alpha value is -1.68. The summed E-state index contributed by atoms with van der Waals surface area (Å²) in [6, 6.07) is -2.65. The third-order valence-electron chi connectivity index (χ3n) is 4.79. The maximum atomic E-state index is 12.2. The number of carbonyl (C=O) groups is 3. The average molecular weight is 450 g/mol. The van der Waals surface area contributed by atoms with Gasteiger partial charge in [0.25, 0.3) is 0 Å². The van der Waals surface area contributed by atoms with Gasteiger partial charge in [0.1, 0.15) is 12.1 Å². The number of nitrogens with two attached hydrogens (primary N) is 1. The molecule has 0 rings (SSSR count). The first kappa shape index (κ1) is 28.3. The Bertz CT molecular complexity index is 624. The topological polar surface area (TPSA) is 156 Å². The zero-order valence-electron chi connectivity index (χ0n) is 18.3. The molecule has 5 N–H and O–H groups in total. The van der Waals surface area contributed by atoms with Crippen LogP contribution in [0.1, 0.15) is 90.9 Å². The van der Waals surface area contributed by atoms with Crippen LogP contribution in [0.25, 0.3) is 0 Å². The van der Waals surface area contributed by atoms with Crippen LogP contribution in [0, 0.1) is 0 Å². The lowest BCUT2D eigenvalue weighted by Gasteiger charge is -2.18. The van der Waals surface area contributed by atoms with Crippen molar-refractivity contribution in [3.8, 4) is 0 Å². The van der Waals surface area contributed by atoms with Crippen LogP contribution in [0.2, 0.25) is 0 Å². The Morgan fingerprint density at radius 3 is 1.80 bits per heavy atom. The average Bonchev–Trinajstić information content (AvgIpc) is 2.64. The molecule has 0 aliphatic rings. The Balaban J connectivity index is 4.24. The molecule has 2 atom stereocenters. The Kier molecular flexibility index (Phi) is 15.2. The lowest BCUT2D eigenvalue weighted by Crippen LogP contribution is -2.52. The maximum Gasteiger partial charge on any atom is 0.325 e. The molecule has 0 aliphatic heterocycles. The van der Waals surface area contributed by atoms with Crippen molar-refractivity contribution in [2.75, 3.05) is 5.75 Å². The highest BCUT2D eigenvalue weighted by atomic mass is 32.2. The molecule has 0 saturated heterocycles. The van der Waals surface area contributed by atoms with Gasteiger partial charge < -0.3 is 16.2 Å². The second-order valence-corrected chi connectivity index (χ2v) is 9.64. The van der Waals surface area contributed by atoms with Gasteiger partial charge in [-0.25, -0.2) is 13.1 Å². The van der Waals surface area contributed by atoms with E-state index in [9.17, 15) is 22.8 Å². The largest absolute Gasteiger partial charge is 0.480 e. The van der Waals surface area contributed by atoms with E-state index in [1.165, 1.54) is 45.4 Å². The van der Waals surface area contributed by atoms with E-state index in [4.69, 9.17) is 10.8 Å². The van der Waals surface area contributed by atoms with E-state index in [0.29, 0.717) is 6.42 Å². The Morgan fingerprint density at radius 2 is 1.37 bits per heavy atom. The Morgan fingerprint density at radius 1 is 0.900 bits per heavy atom. The molecule has 176 valence electrons. The van der Waals surface area contributed by atoms with Gasteiger partial charge in [-0.2, -0.15) is 0 Å². The van der Waals surface area contributed by atoms with Crippen molar-refractivity contribution in [1.82, 2.24) is 10.0 Å². The van der Waals surface area contributed by atoms with E-state index in [1.54, 1.807) is 0 Å². The first-order valence-corrected chi connectivity index (χ1v) is 12.6. The molecule has 30 heavy (non-hydrogen) atoms. The van der Waals surface area contributed by atoms with E-state index in [0.717, 1.165) is 25.7 Å². The second kappa shape index (κ2) is 16.1. The van der Waals surface area contributed by atoms with Crippen LogP contribution in [0.5, 0.6) is 0 Å². The lowest BCUT2D eigenvalue weighted by molar-refractivity contribution is -0.141. The van der Waals surface area contributed by atoms with Gasteiger partial charge in [0, 0.05) is 0 Å². The van der Waals surface area contributed by atoms with Crippen LogP contribution < -0.4 is 15.8 Å². The summed E-state index contributed by atoms with van der Waals surface area (Å²) in [5, 5.41) is 11.0. The van der Waals surface area contributed by atoms with Gasteiger partial charge >= 0.3 is 5.97 Å². The number of carboxylic acid groups (broad SMARTS) is 1. The van der Waals surface area contributed by atoms with Crippen LogP contribution in [-0.2, 0) is 24.4 Å². The van der Waals surface area contributed by atoms with Crippen LogP contribution in [0.3, 0.4) is 0 Å². The van der Waals surface area contributed by atoms with Gasteiger partial charge in [-0.15, -0.1) is 0 Å². The smallest absolute Gasteiger partial charge is 0.325 e. The predicted octanol–water partition coefficient (Wildman–Crippen LogP) is 2.05. The summed E-state index contributed by atoms with van der Waals surface area (Å²) in [7, 11) is -3.80. The van der Waals surface area contributed by atoms with Crippen molar-refractivity contribution in [1.29, 1.82) is 0 Å². The minimum atomic E-state index is -3.80. The number of unbranched alkanes of at least 4 members (excludes halogenated alkanes) is 10. The number of hydrogen-bond acceptors (Lipinski definition) is 5. The number of hydrogen-bond donors (Lipinski definition) is 4. The van der Waals surface area contributed by atoms with Gasteiger partial charge in [0.05, 0.1) is 12.2 Å². The first-order chi connectivity index (χ1) is 14.1. The van der Waals surface area contributed by atoms with E-state index in [1.807, 2.05) is 0 Å². The molecule has 9 nitrogen and oxygen atoms in total. The minimum Gasteiger partial charge on any atom is -0.480 e. The maximum absolute atomic E-state index is 12.2. The molecule has 0 saturated carbocycles. The number of primary amides is 1. The van der Waals surface area contributed by atoms with Crippen molar-refractivity contribution in [2.45, 2.75) is 103 Å². The fourth-order valence-corrected chi connectivity index (χ4v) is 4.32. The zero-order valence-corrected chi connectivity index (χ0v) is 19.1. The summed E-state index contributed by atoms with van der Waals surface area (Å²) >= 11 is 0. The quantitative estimate of drug-likeness (QED) is 0.221. The minimum absolute atomic E-state index is 0.166. The molecule has 0 aromatic rings. The molecule has 0 bridgehead atoms. The molecular weight excluding hydrogens is 410 g/mol. The molecular formula is C20H39N3O6S. The van der Waals surface area contributed by atoms with Crippen molar-refractivity contribution in [3.05, 3.63) is 0 Å². The third kappa shape index (κ3) is 15.2. The molecule has 0 radical (unpaired) electrons. The Labute approximate surface area is 180 Å². The van der Waals surface area contributed by atoms with E-state index >= 15 is 0 Å². The van der Waals surface area contributed by atoms with E-state index < -0.39 is 46.3 Å². The number of carbonyl (C=O) groups excluding carboxylic acids is 2. The summed E-state index contributed by atoms with van der Waals surface area (Å²) in [4.78, 5) is 34.1. The molecule has 2 unspecified atom stereocenters. The van der Waals surface area contributed by atoms with E-state index in [2.05, 4.69) is 17.0 Å². The highest BCUT2D eigenvalue weighted by Gasteiger charge is 2.28. The van der Waals surface area contributed by atoms with Crippen LogP contribution in [-0.4, -0.2) is 49.1 Å². The molecule has 2 amide bonds. The number of carboxylic acids is 1. The lowest BCUT2D eigenvalue weighted by atomic mass is 10.1. The highest BCUT2D eigenvalue weighted by Crippen LogP contribution is 2.11. The summed E-state index contributed by atoms with van der Waals surface area (Å²) in [6.45, 7) is 3.43. The standard InChI is InChI=1S/C20H39N3O6S/c1-3-4-5-6-7-8-9-10-11-12-13-14-30(28,29)23-17(15-18(21)24)19(25)22-16(2)20(26)27/h16-17,23H,3-15H2,1-2H3,(H2,21,24)(H,22,25)(H,26,27). The molecule has 0 fully saturated rings. The molecule has 0 aromatic heterocycles. The normalized spacial score (nSPS) is 13.5. The van der Waals surface area contributed by atoms with Gasteiger partial charge in [-0.3, -0.25) is 14.4 Å². The first-order valence-electron chi connectivity index (χ1n) is 10.9. The van der Waals surface area contributed by atoms with Crippen molar-refractivity contribution in [3.63, 3.8) is 0 Å². The van der Waals surface area contributed by atoms with Gasteiger partial charge in [0.15, 0.2) is 0 Å². The summed E-state index contributed by atoms with van der Waals surface area (Å²) in [5.74, 6) is -3.20. The summed E-state index contributed by atoms with van der Waals surface area (Å²) in [6.07, 6.45) is 11.4. The van der Waals surface area contributed by atoms with E-state index in [-0.39, 0.29) is 5.75 Å². The number of nitrogens with one attached hydrogen (secondary N) is 2. The van der Waals surface area contributed by atoms with Crippen LogP contribution in [0.4, 0.5) is 0 Å². The van der Waals surface area contributed by atoms with Crippen molar-refractivity contribution < 1.29 is 27.9 Å². The number of rotatable bonds is 19. The molecule has 0 heterocycles. The summed E-state index contributed by atoms with van der Waals surface area (Å²) in [5.41, 5.74) is 5.08. The summed E-state index contributed by atoms with van der Waals surface area (Å²) < 4.78 is 26.7. The number of amides is 2. The second-order valence-electron chi connectivity index (χ2n) is 7.76. The van der Waals surface area contributed by atoms with Crippen molar-refractivity contribution in [2.24, 2.45) is 5.73 Å². The van der Waals surface area contributed by atoms with Crippen molar-refractivity contribution >= 4 is 27.8 Å².